The van der Waals surface area contributed by atoms with Crippen LogP contribution >= 0.6 is 23.1 Å². The lowest BCUT2D eigenvalue weighted by atomic mass is 10.1. The second-order valence-corrected chi connectivity index (χ2v) is 8.68. The van der Waals surface area contributed by atoms with Crippen molar-refractivity contribution in [2.75, 3.05) is 11.9 Å². The van der Waals surface area contributed by atoms with Gasteiger partial charge in [0, 0.05) is 13.1 Å². The average molecular weight is 365 g/mol. The third kappa shape index (κ3) is 6.13. The zero-order chi connectivity index (χ0) is 17.5. The molecule has 0 saturated carbocycles. The number of thioether (sulfide) groups is 1. The number of aryl methyl sites for hydroxylation is 1. The van der Waals surface area contributed by atoms with E-state index < -0.39 is 0 Å². The van der Waals surface area contributed by atoms with E-state index in [2.05, 4.69) is 34.7 Å². The van der Waals surface area contributed by atoms with E-state index in [1.54, 1.807) is 0 Å². The minimum absolute atomic E-state index is 0.00691. The lowest BCUT2D eigenvalue weighted by Crippen LogP contribution is -2.30. The first-order valence-corrected chi connectivity index (χ1v) is 9.71. The van der Waals surface area contributed by atoms with Gasteiger partial charge in [0.05, 0.1) is 5.25 Å². The summed E-state index contributed by atoms with van der Waals surface area (Å²) in [4.78, 5) is 12.2. The second-order valence-electron chi connectivity index (χ2n) is 6.11. The Kier molecular flexibility index (Phi) is 7.05. The fraction of sp³-hybridized carbons (Fsp3) is 0.471. The molecule has 0 radical (unpaired) electrons. The number of nitrogens with one attached hydrogen (secondary N) is 2. The summed E-state index contributed by atoms with van der Waals surface area (Å²) in [6, 6.07) is 8.16. The number of aromatic nitrogens is 2. The van der Waals surface area contributed by atoms with Crippen molar-refractivity contribution in [1.82, 2.24) is 15.5 Å². The van der Waals surface area contributed by atoms with E-state index >= 15 is 0 Å². The Balaban J connectivity index is 1.79. The van der Waals surface area contributed by atoms with Crippen LogP contribution in [0.1, 0.15) is 31.9 Å². The van der Waals surface area contributed by atoms with Gasteiger partial charge in [0.15, 0.2) is 4.34 Å². The van der Waals surface area contributed by atoms with E-state index in [1.807, 2.05) is 38.1 Å². The maximum atomic E-state index is 12.2. The molecule has 1 aromatic carbocycles. The van der Waals surface area contributed by atoms with Crippen molar-refractivity contribution >= 4 is 34.1 Å². The summed E-state index contributed by atoms with van der Waals surface area (Å²) in [5.41, 5.74) is 2.31. The second kappa shape index (κ2) is 9.03. The van der Waals surface area contributed by atoms with Gasteiger partial charge in [0.25, 0.3) is 0 Å². The topological polar surface area (TPSA) is 66.9 Å². The molecule has 0 aliphatic heterocycles. The molecule has 24 heavy (non-hydrogen) atoms. The lowest BCUT2D eigenvalue weighted by Gasteiger charge is -2.10. The van der Waals surface area contributed by atoms with Gasteiger partial charge < -0.3 is 10.6 Å². The van der Waals surface area contributed by atoms with Gasteiger partial charge in [-0.15, -0.1) is 10.2 Å². The summed E-state index contributed by atoms with van der Waals surface area (Å²) >= 11 is 2.92. The van der Waals surface area contributed by atoms with Crippen molar-refractivity contribution in [1.29, 1.82) is 0 Å². The maximum absolute atomic E-state index is 12.2. The van der Waals surface area contributed by atoms with Crippen LogP contribution in [0, 0.1) is 12.8 Å². The fourth-order valence-corrected chi connectivity index (χ4v) is 3.79. The number of amides is 1. The first-order chi connectivity index (χ1) is 11.4. The largest absolute Gasteiger partial charge is 0.360 e. The highest BCUT2D eigenvalue weighted by Gasteiger charge is 2.17. The monoisotopic (exact) mass is 364 g/mol. The first kappa shape index (κ1) is 18.7. The molecular formula is C17H24N4OS2. The van der Waals surface area contributed by atoms with Crippen molar-refractivity contribution in [3.63, 3.8) is 0 Å². The smallest absolute Gasteiger partial charge is 0.233 e. The van der Waals surface area contributed by atoms with Gasteiger partial charge in [-0.3, -0.25) is 4.79 Å². The van der Waals surface area contributed by atoms with Crippen LogP contribution in [0.25, 0.3) is 0 Å². The molecule has 7 heteroatoms. The van der Waals surface area contributed by atoms with Gasteiger partial charge in [-0.25, -0.2) is 0 Å². The molecule has 0 aliphatic rings. The molecule has 0 bridgehead atoms. The summed E-state index contributed by atoms with van der Waals surface area (Å²) in [5, 5.41) is 15.1. The van der Waals surface area contributed by atoms with Crippen molar-refractivity contribution in [3.05, 3.63) is 35.4 Å². The zero-order valence-electron chi connectivity index (χ0n) is 14.5. The fourth-order valence-electron chi connectivity index (χ4n) is 1.86. The van der Waals surface area contributed by atoms with E-state index in [9.17, 15) is 4.79 Å². The summed E-state index contributed by atoms with van der Waals surface area (Å²) in [7, 11) is 0. The van der Waals surface area contributed by atoms with Crippen LogP contribution < -0.4 is 10.6 Å². The van der Waals surface area contributed by atoms with Crippen molar-refractivity contribution in [2.45, 2.75) is 43.8 Å². The Labute approximate surface area is 151 Å². The SMILES string of the molecule is Cc1ccc(CNC(=O)C(C)Sc2nnc(NCC(C)C)s2)cc1. The number of hydrogen-bond acceptors (Lipinski definition) is 6. The van der Waals surface area contributed by atoms with Crippen LogP contribution in [-0.2, 0) is 11.3 Å². The zero-order valence-corrected chi connectivity index (χ0v) is 16.1. The summed E-state index contributed by atoms with van der Waals surface area (Å²) in [6.45, 7) is 9.63. The standard InChI is InChI=1S/C17H24N4OS2/c1-11(2)9-19-16-20-21-17(24-16)23-13(4)15(22)18-10-14-7-5-12(3)6-8-14/h5-8,11,13H,9-10H2,1-4H3,(H,18,22)(H,19,20). The third-order valence-electron chi connectivity index (χ3n) is 3.30. The predicted octanol–water partition coefficient (Wildman–Crippen LogP) is 3.71. The van der Waals surface area contributed by atoms with Crippen molar-refractivity contribution < 1.29 is 4.79 Å². The Bertz CT molecular complexity index is 655. The molecular weight excluding hydrogens is 340 g/mol. The average Bonchev–Trinajstić information content (AvgIpc) is 2.99. The number of carbonyl (C=O) groups is 1. The molecule has 1 unspecified atom stereocenters. The normalized spacial score (nSPS) is 12.2. The van der Waals surface area contributed by atoms with E-state index in [-0.39, 0.29) is 11.2 Å². The molecule has 1 amide bonds. The Morgan fingerprint density at radius 1 is 1.21 bits per heavy atom. The Hall–Kier alpha value is -1.60. The minimum Gasteiger partial charge on any atom is -0.360 e. The van der Waals surface area contributed by atoms with Gasteiger partial charge in [-0.2, -0.15) is 0 Å². The van der Waals surface area contributed by atoms with Gasteiger partial charge in [-0.05, 0) is 25.3 Å². The van der Waals surface area contributed by atoms with Crippen LogP contribution in [0.4, 0.5) is 5.13 Å². The molecule has 5 nitrogen and oxygen atoms in total. The quantitative estimate of drug-likeness (QED) is 0.699. The van der Waals surface area contributed by atoms with Gasteiger partial charge >= 0.3 is 0 Å². The van der Waals surface area contributed by atoms with Gasteiger partial charge in [-0.1, -0.05) is 66.8 Å². The van der Waals surface area contributed by atoms with Gasteiger partial charge in [0.1, 0.15) is 0 Å². The summed E-state index contributed by atoms with van der Waals surface area (Å²) in [5.74, 6) is 0.559. The molecule has 1 heterocycles. The molecule has 0 spiro atoms. The third-order valence-corrected chi connectivity index (χ3v) is 5.37. The predicted molar refractivity (Wildman–Crippen MR) is 102 cm³/mol. The number of hydrogen-bond donors (Lipinski definition) is 2. The minimum atomic E-state index is -0.207. The molecule has 2 rings (SSSR count). The number of carbonyl (C=O) groups excluding carboxylic acids is 1. The summed E-state index contributed by atoms with van der Waals surface area (Å²) < 4.78 is 0.805. The van der Waals surface area contributed by atoms with Crippen LogP contribution in [-0.4, -0.2) is 27.9 Å². The van der Waals surface area contributed by atoms with E-state index in [4.69, 9.17) is 0 Å². The molecule has 1 atom stereocenters. The van der Waals surface area contributed by atoms with E-state index in [0.717, 1.165) is 21.6 Å². The molecule has 2 aromatic rings. The van der Waals surface area contributed by atoms with Gasteiger partial charge in [0.2, 0.25) is 11.0 Å². The maximum Gasteiger partial charge on any atom is 0.233 e. The van der Waals surface area contributed by atoms with Crippen LogP contribution in [0.2, 0.25) is 0 Å². The van der Waals surface area contributed by atoms with Crippen LogP contribution in [0.5, 0.6) is 0 Å². The molecule has 0 fully saturated rings. The molecule has 2 N–H and O–H groups in total. The molecule has 1 aromatic heterocycles. The highest BCUT2D eigenvalue weighted by Crippen LogP contribution is 2.29. The van der Waals surface area contributed by atoms with Crippen LogP contribution in [0.3, 0.4) is 0 Å². The van der Waals surface area contributed by atoms with Crippen molar-refractivity contribution in [3.8, 4) is 0 Å². The number of benzene rings is 1. The number of anilines is 1. The van der Waals surface area contributed by atoms with E-state index in [1.165, 1.54) is 28.7 Å². The molecule has 130 valence electrons. The number of nitrogens with zero attached hydrogens (tertiary/aromatic N) is 2. The van der Waals surface area contributed by atoms with E-state index in [0.29, 0.717) is 12.5 Å². The highest BCUT2D eigenvalue weighted by molar-refractivity contribution is 8.02. The summed E-state index contributed by atoms with van der Waals surface area (Å²) in [6.07, 6.45) is 0. The molecule has 0 saturated heterocycles. The highest BCUT2D eigenvalue weighted by atomic mass is 32.2. The Morgan fingerprint density at radius 2 is 1.92 bits per heavy atom. The van der Waals surface area contributed by atoms with Crippen molar-refractivity contribution in [2.24, 2.45) is 5.92 Å². The Morgan fingerprint density at radius 3 is 2.58 bits per heavy atom. The number of rotatable bonds is 8. The van der Waals surface area contributed by atoms with Crippen LogP contribution in [0.15, 0.2) is 28.6 Å². The lowest BCUT2D eigenvalue weighted by molar-refractivity contribution is -0.120. The molecule has 0 aliphatic carbocycles. The first-order valence-electron chi connectivity index (χ1n) is 8.01.